The van der Waals surface area contributed by atoms with Gasteiger partial charge in [0.1, 0.15) is 0 Å². The number of hydrogen-bond donors (Lipinski definition) is 0. The van der Waals surface area contributed by atoms with Gasteiger partial charge in [0.05, 0.1) is 0 Å². The molecule has 0 spiro atoms. The van der Waals surface area contributed by atoms with Gasteiger partial charge < -0.3 is 30.3 Å². The summed E-state index contributed by atoms with van der Waals surface area (Å²) in [7, 11) is 0. The van der Waals surface area contributed by atoms with Crippen molar-refractivity contribution >= 4 is 0 Å². The van der Waals surface area contributed by atoms with Crippen LogP contribution < -0.4 is 0 Å². The Labute approximate surface area is 125 Å². The topological polar surface area (TPSA) is 0 Å². The predicted octanol–water partition coefficient (Wildman–Crippen LogP) is 4.46. The van der Waals surface area contributed by atoms with Gasteiger partial charge in [-0.25, -0.2) is 6.42 Å². The molecular weight excluding hydrogens is 272 g/mol. The quantitative estimate of drug-likeness (QED) is 0.352. The van der Waals surface area contributed by atoms with Crippen molar-refractivity contribution in [3.05, 3.63) is 84.4 Å². The zero-order valence-corrected chi connectivity index (χ0v) is 11.5. The minimum atomic E-state index is 0. The average molecular weight is 286 g/mol. The maximum absolute atomic E-state index is 5.38. The fraction of sp³-hybridized carbons (Fsp3) is 0. The van der Waals surface area contributed by atoms with Crippen LogP contribution in [0.4, 0.5) is 0 Å². The van der Waals surface area contributed by atoms with Crippen LogP contribution in [0.25, 0.3) is 11.1 Å². The number of terminal acetylenes is 1. The first-order valence-electron chi connectivity index (χ1n) is 5.86. The molecule has 0 saturated carbocycles. The molecule has 0 bridgehead atoms. The first-order valence-corrected chi connectivity index (χ1v) is 5.86. The molecule has 0 N–H and O–H groups in total. The van der Waals surface area contributed by atoms with E-state index in [2.05, 4.69) is 18.1 Å². The Hall–Kier alpha value is -2.00. The van der Waals surface area contributed by atoms with Gasteiger partial charge in [0.25, 0.3) is 0 Å². The molecule has 0 atom stereocenters. The third-order valence-corrected chi connectivity index (χ3v) is 2.61. The molecule has 0 amide bonds. The molecule has 0 unspecified atom stereocenters. The Morgan fingerprint density at radius 2 is 1.42 bits per heavy atom. The molecule has 1 heteroatoms. The van der Waals surface area contributed by atoms with E-state index in [1.54, 1.807) is 0 Å². The summed E-state index contributed by atoms with van der Waals surface area (Å²) in [4.78, 5) is 0. The molecule has 0 aliphatic carbocycles. The second-order valence-electron chi connectivity index (χ2n) is 3.83. The molecule has 0 fully saturated rings. The number of hydrogen-bond acceptors (Lipinski definition) is 0. The molecular formula is C18H14Fe-6. The second kappa shape index (κ2) is 8.16. The number of benzene rings is 1. The zero-order valence-electron chi connectivity index (χ0n) is 10.4. The van der Waals surface area contributed by atoms with Crippen LogP contribution in [0.5, 0.6) is 0 Å². The molecule has 100 valence electrons. The first kappa shape index (κ1) is 15.1. The van der Waals surface area contributed by atoms with Crippen LogP contribution in [-0.2, 0) is 17.1 Å². The van der Waals surface area contributed by atoms with Gasteiger partial charge >= 0.3 is 0 Å². The van der Waals surface area contributed by atoms with Gasteiger partial charge in [-0.15, -0.1) is 11.6 Å². The second-order valence-corrected chi connectivity index (χ2v) is 3.83. The molecule has 0 aliphatic heterocycles. The van der Waals surface area contributed by atoms with Gasteiger partial charge in [0, 0.05) is 17.1 Å². The molecule has 0 aliphatic rings. The third-order valence-electron chi connectivity index (χ3n) is 2.61. The van der Waals surface area contributed by atoms with Crippen molar-refractivity contribution in [3.63, 3.8) is 0 Å². The first-order chi connectivity index (χ1) is 8.92. The maximum Gasteiger partial charge on any atom is 0 e. The summed E-state index contributed by atoms with van der Waals surface area (Å²) in [6, 6.07) is 26.2. The van der Waals surface area contributed by atoms with Crippen molar-refractivity contribution < 1.29 is 17.1 Å². The van der Waals surface area contributed by atoms with Crippen LogP contribution in [0.3, 0.4) is 0 Å². The van der Waals surface area contributed by atoms with Crippen LogP contribution in [0.15, 0.2) is 78.9 Å². The largest absolute Gasteiger partial charge is 0.748 e. The van der Waals surface area contributed by atoms with Crippen LogP contribution in [-0.4, -0.2) is 0 Å². The molecule has 0 heterocycles. The summed E-state index contributed by atoms with van der Waals surface area (Å²) in [5, 5.41) is 0. The van der Waals surface area contributed by atoms with Crippen LogP contribution >= 0.6 is 0 Å². The molecule has 19 heavy (non-hydrogen) atoms. The summed E-state index contributed by atoms with van der Waals surface area (Å²) in [5.41, 5.74) is 3.29. The normalized spacial score (nSPS) is 8.58. The SMILES string of the molecule is C#C[c-]1cccc1-c1ccccc1.[Fe].[cH-]1[cH-][cH-][cH-][cH-]1. The Kier molecular flexibility index (Phi) is 6.47. The third kappa shape index (κ3) is 4.30. The number of rotatable bonds is 1. The van der Waals surface area contributed by atoms with Gasteiger partial charge in [-0.05, 0) is 5.56 Å². The smallest absolute Gasteiger partial charge is 0 e. The van der Waals surface area contributed by atoms with E-state index in [1.807, 2.05) is 66.7 Å². The fourth-order valence-electron chi connectivity index (χ4n) is 1.74. The summed E-state index contributed by atoms with van der Waals surface area (Å²) >= 11 is 0. The van der Waals surface area contributed by atoms with Crippen molar-refractivity contribution in [2.45, 2.75) is 0 Å². The minimum absolute atomic E-state index is 0. The van der Waals surface area contributed by atoms with Crippen molar-refractivity contribution in [2.75, 3.05) is 0 Å². The van der Waals surface area contributed by atoms with Crippen LogP contribution in [0.1, 0.15) is 5.56 Å². The van der Waals surface area contributed by atoms with Crippen molar-refractivity contribution in [3.8, 4) is 23.5 Å². The molecule has 0 radical (unpaired) electrons. The minimum Gasteiger partial charge on any atom is -0.748 e. The van der Waals surface area contributed by atoms with E-state index in [4.69, 9.17) is 6.42 Å². The maximum atomic E-state index is 5.38. The predicted molar refractivity (Wildman–Crippen MR) is 77.4 cm³/mol. The van der Waals surface area contributed by atoms with Crippen molar-refractivity contribution in [1.29, 1.82) is 0 Å². The summed E-state index contributed by atoms with van der Waals surface area (Å²) < 4.78 is 0. The Morgan fingerprint density at radius 1 is 0.842 bits per heavy atom. The Morgan fingerprint density at radius 3 is 1.95 bits per heavy atom. The standard InChI is InChI=1S/C13H9.C5H5.Fe/c1-2-11-9-6-10-13(11)12-7-4-3-5-8-12;1-2-4-5-3-1;/h1,3-10H;1-5H;/q-1;-5;. The Bertz CT molecular complexity index is 577. The van der Waals surface area contributed by atoms with E-state index >= 15 is 0 Å². The molecule has 0 saturated heterocycles. The van der Waals surface area contributed by atoms with Crippen molar-refractivity contribution in [2.24, 2.45) is 0 Å². The van der Waals surface area contributed by atoms with Crippen LogP contribution in [0.2, 0.25) is 0 Å². The zero-order chi connectivity index (χ0) is 12.6. The van der Waals surface area contributed by atoms with E-state index in [1.165, 1.54) is 5.56 Å². The van der Waals surface area contributed by atoms with E-state index in [0.717, 1.165) is 11.1 Å². The van der Waals surface area contributed by atoms with Crippen molar-refractivity contribution in [1.82, 2.24) is 0 Å². The molecule has 3 rings (SSSR count). The van der Waals surface area contributed by atoms with Gasteiger partial charge in [-0.1, -0.05) is 35.9 Å². The van der Waals surface area contributed by atoms with E-state index in [-0.39, 0.29) is 17.1 Å². The molecule has 3 aromatic rings. The summed E-state index contributed by atoms with van der Waals surface area (Å²) in [5.74, 6) is 2.67. The molecule has 3 aromatic carbocycles. The summed E-state index contributed by atoms with van der Waals surface area (Å²) in [6.45, 7) is 0. The van der Waals surface area contributed by atoms with Gasteiger partial charge in [-0.3, -0.25) is 0 Å². The Balaban J connectivity index is 0.000000256. The van der Waals surface area contributed by atoms with Gasteiger partial charge in [-0.2, -0.15) is 18.1 Å². The summed E-state index contributed by atoms with van der Waals surface area (Å²) in [6.07, 6.45) is 5.38. The van der Waals surface area contributed by atoms with Gasteiger partial charge in [0.2, 0.25) is 0 Å². The van der Waals surface area contributed by atoms with E-state index in [9.17, 15) is 0 Å². The fourth-order valence-corrected chi connectivity index (χ4v) is 1.74. The van der Waals surface area contributed by atoms with Crippen LogP contribution in [0, 0.1) is 12.3 Å². The van der Waals surface area contributed by atoms with Gasteiger partial charge in [0.15, 0.2) is 0 Å². The van der Waals surface area contributed by atoms with E-state index < -0.39 is 0 Å². The monoisotopic (exact) mass is 286 g/mol. The molecule has 0 nitrogen and oxygen atoms in total. The molecule has 0 aromatic heterocycles. The van der Waals surface area contributed by atoms with E-state index in [0.29, 0.717) is 0 Å². The average Bonchev–Trinajstić information content (AvgIpc) is 3.13.